The first-order chi connectivity index (χ1) is 9.16. The molecule has 0 bridgehead atoms. The number of anilines is 1. The lowest BCUT2D eigenvalue weighted by molar-refractivity contribution is -0.117. The van der Waals surface area contributed by atoms with Crippen LogP contribution in [0.1, 0.15) is 26.2 Å². The largest absolute Gasteiger partial charge is 0.324 e. The fourth-order valence-corrected chi connectivity index (χ4v) is 2.59. The summed E-state index contributed by atoms with van der Waals surface area (Å²) in [7, 11) is 0. The van der Waals surface area contributed by atoms with Crippen LogP contribution < -0.4 is 10.6 Å². The summed E-state index contributed by atoms with van der Waals surface area (Å²) in [6.45, 7) is 4.15. The number of carbonyl (C=O) groups is 1. The Morgan fingerprint density at radius 1 is 1.53 bits per heavy atom. The summed E-state index contributed by atoms with van der Waals surface area (Å²) in [6.07, 6.45) is 2.78. The van der Waals surface area contributed by atoms with Gasteiger partial charge in [-0.3, -0.25) is 4.79 Å². The van der Waals surface area contributed by atoms with Gasteiger partial charge in [-0.1, -0.05) is 19.1 Å². The molecule has 0 saturated carbocycles. The minimum Gasteiger partial charge on any atom is -0.324 e. The highest BCUT2D eigenvalue weighted by molar-refractivity contribution is 5.90. The normalized spacial score (nSPS) is 20.8. The summed E-state index contributed by atoms with van der Waals surface area (Å²) in [6, 6.07) is 6.26. The molecule has 0 aliphatic carbocycles. The summed E-state index contributed by atoms with van der Waals surface area (Å²) < 4.78 is 13.4. The van der Waals surface area contributed by atoms with Crippen molar-refractivity contribution >= 4 is 11.6 Å². The van der Waals surface area contributed by atoms with Crippen molar-refractivity contribution in [2.24, 2.45) is 11.8 Å². The summed E-state index contributed by atoms with van der Waals surface area (Å²) in [5.41, 5.74) is 0.265. The van der Waals surface area contributed by atoms with Crippen LogP contribution in [-0.4, -0.2) is 19.0 Å². The lowest BCUT2D eigenvalue weighted by atomic mass is 9.85. The molecule has 1 saturated heterocycles. The number of piperidine rings is 1. The fraction of sp³-hybridized carbons (Fsp3) is 0.533. The third kappa shape index (κ3) is 4.03. The first-order valence-corrected chi connectivity index (χ1v) is 6.92. The predicted molar refractivity (Wildman–Crippen MR) is 74.4 cm³/mol. The second-order valence-electron chi connectivity index (χ2n) is 5.32. The van der Waals surface area contributed by atoms with Gasteiger partial charge in [-0.25, -0.2) is 4.39 Å². The average molecular weight is 264 g/mol. The second-order valence-corrected chi connectivity index (χ2v) is 5.32. The summed E-state index contributed by atoms with van der Waals surface area (Å²) in [4.78, 5) is 11.9. The van der Waals surface area contributed by atoms with E-state index in [4.69, 9.17) is 0 Å². The summed E-state index contributed by atoms with van der Waals surface area (Å²) in [5.74, 6) is 0.366. The lowest BCUT2D eigenvalue weighted by Gasteiger charge is -2.28. The third-order valence-corrected chi connectivity index (χ3v) is 3.80. The molecule has 1 aromatic rings. The standard InChI is InChI=1S/C15H21FN2O/c1-11(12-5-4-8-17-10-12)9-15(19)18-14-7-3-2-6-13(14)16/h2-3,6-7,11-12,17H,4-5,8-10H2,1H3,(H,18,19). The SMILES string of the molecule is CC(CC(=O)Nc1ccccc1F)C1CCCNC1. The Labute approximate surface area is 113 Å². The van der Waals surface area contributed by atoms with Gasteiger partial charge in [0.1, 0.15) is 5.82 Å². The Balaban J connectivity index is 1.85. The van der Waals surface area contributed by atoms with E-state index in [9.17, 15) is 9.18 Å². The van der Waals surface area contributed by atoms with Crippen molar-refractivity contribution in [3.8, 4) is 0 Å². The molecule has 0 radical (unpaired) electrons. The number of carbonyl (C=O) groups excluding carboxylic acids is 1. The predicted octanol–water partition coefficient (Wildman–Crippen LogP) is 2.79. The van der Waals surface area contributed by atoms with Gasteiger partial charge in [0.2, 0.25) is 5.91 Å². The van der Waals surface area contributed by atoms with Crippen LogP contribution >= 0.6 is 0 Å². The molecule has 0 spiro atoms. The first-order valence-electron chi connectivity index (χ1n) is 6.92. The Kier molecular flexibility index (Phi) is 4.91. The van der Waals surface area contributed by atoms with Crippen LogP contribution in [0.5, 0.6) is 0 Å². The monoisotopic (exact) mass is 264 g/mol. The molecule has 1 aliphatic heterocycles. The van der Waals surface area contributed by atoms with E-state index >= 15 is 0 Å². The molecule has 19 heavy (non-hydrogen) atoms. The van der Waals surface area contributed by atoms with Crippen molar-refractivity contribution in [3.05, 3.63) is 30.1 Å². The summed E-state index contributed by atoms with van der Waals surface area (Å²) in [5, 5.41) is 6.00. The first kappa shape index (κ1) is 14.0. The van der Waals surface area contributed by atoms with Crippen molar-refractivity contribution in [2.75, 3.05) is 18.4 Å². The molecule has 1 aliphatic rings. The van der Waals surface area contributed by atoms with Gasteiger partial charge in [0.05, 0.1) is 5.69 Å². The van der Waals surface area contributed by atoms with Gasteiger partial charge in [-0.2, -0.15) is 0 Å². The number of para-hydroxylation sites is 1. The van der Waals surface area contributed by atoms with Gasteiger partial charge in [0.25, 0.3) is 0 Å². The van der Waals surface area contributed by atoms with Crippen molar-refractivity contribution < 1.29 is 9.18 Å². The summed E-state index contributed by atoms with van der Waals surface area (Å²) >= 11 is 0. The van der Waals surface area contributed by atoms with Crippen molar-refractivity contribution in [3.63, 3.8) is 0 Å². The van der Waals surface area contributed by atoms with E-state index in [0.717, 1.165) is 13.1 Å². The van der Waals surface area contributed by atoms with Crippen molar-refractivity contribution in [1.82, 2.24) is 5.32 Å². The zero-order chi connectivity index (χ0) is 13.7. The zero-order valence-electron chi connectivity index (χ0n) is 11.3. The Hall–Kier alpha value is -1.42. The van der Waals surface area contributed by atoms with Gasteiger partial charge in [-0.05, 0) is 49.9 Å². The number of amides is 1. The lowest BCUT2D eigenvalue weighted by Crippen LogP contribution is -2.34. The van der Waals surface area contributed by atoms with E-state index in [1.807, 2.05) is 0 Å². The van der Waals surface area contributed by atoms with Crippen LogP contribution in [-0.2, 0) is 4.79 Å². The quantitative estimate of drug-likeness (QED) is 0.878. The van der Waals surface area contributed by atoms with E-state index in [1.54, 1.807) is 18.2 Å². The minimum absolute atomic E-state index is 0.108. The van der Waals surface area contributed by atoms with Gasteiger partial charge < -0.3 is 10.6 Å². The average Bonchev–Trinajstić information content (AvgIpc) is 2.42. The van der Waals surface area contributed by atoms with E-state index in [2.05, 4.69) is 17.6 Å². The van der Waals surface area contributed by atoms with Gasteiger partial charge in [-0.15, -0.1) is 0 Å². The van der Waals surface area contributed by atoms with Crippen LogP contribution in [0.25, 0.3) is 0 Å². The Bertz CT molecular complexity index is 430. The molecule has 1 heterocycles. The van der Waals surface area contributed by atoms with E-state index in [-0.39, 0.29) is 17.4 Å². The van der Waals surface area contributed by atoms with Crippen LogP contribution in [0, 0.1) is 17.7 Å². The highest BCUT2D eigenvalue weighted by atomic mass is 19.1. The second kappa shape index (κ2) is 6.66. The van der Waals surface area contributed by atoms with E-state index in [0.29, 0.717) is 18.3 Å². The van der Waals surface area contributed by atoms with Gasteiger partial charge in [0, 0.05) is 6.42 Å². The van der Waals surface area contributed by atoms with Crippen LogP contribution in [0.3, 0.4) is 0 Å². The number of rotatable bonds is 4. The van der Waals surface area contributed by atoms with E-state index < -0.39 is 0 Å². The molecule has 2 unspecified atom stereocenters. The van der Waals surface area contributed by atoms with Gasteiger partial charge in [0.15, 0.2) is 0 Å². The molecule has 1 amide bonds. The number of nitrogens with one attached hydrogen (secondary N) is 2. The maximum Gasteiger partial charge on any atom is 0.224 e. The number of benzene rings is 1. The maximum atomic E-state index is 13.4. The van der Waals surface area contributed by atoms with Gasteiger partial charge >= 0.3 is 0 Å². The molecule has 2 N–H and O–H groups in total. The highest BCUT2D eigenvalue weighted by Gasteiger charge is 2.22. The molecule has 0 aromatic heterocycles. The number of hydrogen-bond donors (Lipinski definition) is 2. The fourth-order valence-electron chi connectivity index (χ4n) is 2.59. The molecule has 1 fully saturated rings. The van der Waals surface area contributed by atoms with Crippen molar-refractivity contribution in [2.45, 2.75) is 26.2 Å². The van der Waals surface area contributed by atoms with E-state index in [1.165, 1.54) is 18.9 Å². The Morgan fingerprint density at radius 3 is 3.00 bits per heavy atom. The maximum absolute atomic E-state index is 13.4. The van der Waals surface area contributed by atoms with Crippen LogP contribution in [0.4, 0.5) is 10.1 Å². The number of halogens is 1. The van der Waals surface area contributed by atoms with Crippen LogP contribution in [0.2, 0.25) is 0 Å². The molecule has 3 nitrogen and oxygen atoms in total. The van der Waals surface area contributed by atoms with Crippen molar-refractivity contribution in [1.29, 1.82) is 0 Å². The smallest absolute Gasteiger partial charge is 0.224 e. The molecule has 104 valence electrons. The minimum atomic E-state index is -0.386. The topological polar surface area (TPSA) is 41.1 Å². The van der Waals surface area contributed by atoms with Crippen LogP contribution in [0.15, 0.2) is 24.3 Å². The molecular formula is C15H21FN2O. The highest BCUT2D eigenvalue weighted by Crippen LogP contribution is 2.23. The molecule has 1 aromatic carbocycles. The Morgan fingerprint density at radius 2 is 2.32 bits per heavy atom. The molecular weight excluding hydrogens is 243 g/mol. The molecule has 2 atom stereocenters. The molecule has 2 rings (SSSR count). The third-order valence-electron chi connectivity index (χ3n) is 3.80. The molecule has 4 heteroatoms. The number of hydrogen-bond acceptors (Lipinski definition) is 2. The zero-order valence-corrected chi connectivity index (χ0v) is 11.3.